The molecule has 2 aromatic carbocycles. The average Bonchev–Trinajstić information content (AvgIpc) is 3.21. The fourth-order valence-corrected chi connectivity index (χ4v) is 4.21. The minimum Gasteiger partial charge on any atom is -0.369 e. The van der Waals surface area contributed by atoms with E-state index < -0.39 is 0 Å². The molecule has 0 saturated carbocycles. The molecule has 1 aliphatic rings. The van der Waals surface area contributed by atoms with Crippen molar-refractivity contribution < 1.29 is 0 Å². The zero-order chi connectivity index (χ0) is 20.4. The van der Waals surface area contributed by atoms with Gasteiger partial charge in [0.1, 0.15) is 0 Å². The van der Waals surface area contributed by atoms with E-state index in [4.69, 9.17) is 0 Å². The van der Waals surface area contributed by atoms with Gasteiger partial charge in [-0.1, -0.05) is 42.5 Å². The number of tetrazole rings is 1. The van der Waals surface area contributed by atoms with Gasteiger partial charge in [0, 0.05) is 31.9 Å². The van der Waals surface area contributed by atoms with Gasteiger partial charge in [-0.3, -0.25) is 4.90 Å². The molecular formula is C23H30N6. The number of aromatic nitrogens is 4. The van der Waals surface area contributed by atoms with Crippen LogP contribution in [0.5, 0.6) is 0 Å². The normalized spacial score (nSPS) is 16.4. The SMILES string of the molecule is Cc1cccc(N2CCN([C@H](c3ccccc3)c3nnnn3C(C)C)CC2)c1C. The Morgan fingerprint density at radius 1 is 0.862 bits per heavy atom. The van der Waals surface area contributed by atoms with E-state index in [-0.39, 0.29) is 12.1 Å². The number of rotatable bonds is 5. The maximum absolute atomic E-state index is 4.44. The molecule has 2 heterocycles. The Morgan fingerprint density at radius 3 is 2.28 bits per heavy atom. The molecule has 0 aliphatic carbocycles. The Morgan fingerprint density at radius 2 is 1.59 bits per heavy atom. The van der Waals surface area contributed by atoms with Crippen LogP contribution in [0.4, 0.5) is 5.69 Å². The summed E-state index contributed by atoms with van der Waals surface area (Å²) in [6.07, 6.45) is 0. The molecule has 0 amide bonds. The van der Waals surface area contributed by atoms with Gasteiger partial charge in [-0.2, -0.15) is 0 Å². The standard InChI is InChI=1S/C23H30N6/c1-17(2)29-23(24-25-26-29)22(20-10-6-5-7-11-20)28-15-13-27(14-16-28)21-12-8-9-18(3)19(21)4/h5-12,17,22H,13-16H2,1-4H3/t22-/m1/s1. The first-order valence-corrected chi connectivity index (χ1v) is 10.4. The van der Waals surface area contributed by atoms with Crippen LogP contribution in [0.15, 0.2) is 48.5 Å². The largest absolute Gasteiger partial charge is 0.369 e. The van der Waals surface area contributed by atoms with Gasteiger partial charge in [-0.25, -0.2) is 4.68 Å². The molecule has 1 atom stereocenters. The minimum atomic E-state index is 0.0642. The van der Waals surface area contributed by atoms with Gasteiger partial charge in [0.15, 0.2) is 5.82 Å². The lowest BCUT2D eigenvalue weighted by Gasteiger charge is -2.40. The lowest BCUT2D eigenvalue weighted by Crippen LogP contribution is -2.48. The number of benzene rings is 2. The first-order chi connectivity index (χ1) is 14.1. The second kappa shape index (κ2) is 8.33. The summed E-state index contributed by atoms with van der Waals surface area (Å²) in [5, 5.41) is 12.7. The van der Waals surface area contributed by atoms with Gasteiger partial charge in [-0.15, -0.1) is 5.10 Å². The van der Waals surface area contributed by atoms with E-state index in [1.807, 2.05) is 4.68 Å². The number of hydrogen-bond donors (Lipinski definition) is 0. The highest BCUT2D eigenvalue weighted by molar-refractivity contribution is 5.56. The van der Waals surface area contributed by atoms with E-state index in [0.29, 0.717) is 0 Å². The fourth-order valence-electron chi connectivity index (χ4n) is 4.21. The van der Waals surface area contributed by atoms with Crippen LogP contribution in [0, 0.1) is 13.8 Å². The van der Waals surface area contributed by atoms with Crippen LogP contribution in [0.25, 0.3) is 0 Å². The van der Waals surface area contributed by atoms with Crippen LogP contribution in [0.2, 0.25) is 0 Å². The maximum atomic E-state index is 4.44. The predicted octanol–water partition coefficient (Wildman–Crippen LogP) is 3.78. The lowest BCUT2D eigenvalue weighted by molar-refractivity contribution is 0.199. The van der Waals surface area contributed by atoms with Gasteiger partial charge in [-0.05, 0) is 60.9 Å². The van der Waals surface area contributed by atoms with Crippen molar-refractivity contribution in [1.82, 2.24) is 25.1 Å². The summed E-state index contributed by atoms with van der Waals surface area (Å²) in [6, 6.07) is 17.5. The topological polar surface area (TPSA) is 50.1 Å². The molecule has 1 aromatic heterocycles. The molecule has 3 aromatic rings. The maximum Gasteiger partial charge on any atom is 0.173 e. The molecule has 0 bridgehead atoms. The predicted molar refractivity (Wildman–Crippen MR) is 116 cm³/mol. The highest BCUT2D eigenvalue weighted by Crippen LogP contribution is 2.31. The van der Waals surface area contributed by atoms with E-state index in [2.05, 4.69) is 102 Å². The van der Waals surface area contributed by atoms with Crippen LogP contribution in [0.1, 0.15) is 48.4 Å². The number of nitrogens with zero attached hydrogens (tertiary/aromatic N) is 6. The van der Waals surface area contributed by atoms with Crippen molar-refractivity contribution in [3.63, 3.8) is 0 Å². The summed E-state index contributed by atoms with van der Waals surface area (Å²) >= 11 is 0. The second-order valence-corrected chi connectivity index (χ2v) is 8.13. The summed E-state index contributed by atoms with van der Waals surface area (Å²) in [7, 11) is 0. The first kappa shape index (κ1) is 19.6. The van der Waals surface area contributed by atoms with Crippen molar-refractivity contribution in [2.45, 2.75) is 39.8 Å². The molecule has 29 heavy (non-hydrogen) atoms. The van der Waals surface area contributed by atoms with Crippen molar-refractivity contribution in [3.8, 4) is 0 Å². The molecule has 6 heteroatoms. The molecule has 0 unspecified atom stereocenters. The van der Waals surface area contributed by atoms with Crippen molar-refractivity contribution in [3.05, 3.63) is 71.0 Å². The third-order valence-electron chi connectivity index (χ3n) is 5.96. The summed E-state index contributed by atoms with van der Waals surface area (Å²) in [5.41, 5.74) is 5.32. The third kappa shape index (κ3) is 3.90. The van der Waals surface area contributed by atoms with Crippen LogP contribution in [-0.4, -0.2) is 51.3 Å². The van der Waals surface area contributed by atoms with Gasteiger partial charge < -0.3 is 4.90 Å². The van der Waals surface area contributed by atoms with E-state index >= 15 is 0 Å². The molecule has 0 N–H and O–H groups in total. The lowest BCUT2D eigenvalue weighted by atomic mass is 10.0. The van der Waals surface area contributed by atoms with Gasteiger partial charge >= 0.3 is 0 Å². The summed E-state index contributed by atoms with van der Waals surface area (Å²) in [4.78, 5) is 5.02. The molecule has 1 aliphatic heterocycles. The Balaban J connectivity index is 1.60. The van der Waals surface area contributed by atoms with E-state index in [1.165, 1.54) is 22.4 Å². The summed E-state index contributed by atoms with van der Waals surface area (Å²) in [5.74, 6) is 0.923. The average molecular weight is 391 g/mol. The van der Waals surface area contributed by atoms with Crippen molar-refractivity contribution in [2.24, 2.45) is 0 Å². The van der Waals surface area contributed by atoms with Crippen molar-refractivity contribution in [1.29, 1.82) is 0 Å². The molecule has 0 spiro atoms. The van der Waals surface area contributed by atoms with E-state index in [0.717, 1.165) is 32.0 Å². The number of aryl methyl sites for hydroxylation is 1. The van der Waals surface area contributed by atoms with Crippen molar-refractivity contribution in [2.75, 3.05) is 31.1 Å². The highest BCUT2D eigenvalue weighted by atomic mass is 15.6. The smallest absolute Gasteiger partial charge is 0.173 e. The number of piperazine rings is 1. The number of anilines is 1. The molecule has 6 nitrogen and oxygen atoms in total. The molecule has 152 valence electrons. The van der Waals surface area contributed by atoms with Crippen LogP contribution in [0.3, 0.4) is 0 Å². The quantitative estimate of drug-likeness (QED) is 0.664. The Kier molecular flexibility index (Phi) is 5.62. The van der Waals surface area contributed by atoms with Crippen LogP contribution in [-0.2, 0) is 0 Å². The monoisotopic (exact) mass is 390 g/mol. The Labute approximate surface area is 173 Å². The van der Waals surface area contributed by atoms with Gasteiger partial charge in [0.25, 0.3) is 0 Å². The Bertz CT molecular complexity index is 941. The molecule has 4 rings (SSSR count). The van der Waals surface area contributed by atoms with Crippen molar-refractivity contribution >= 4 is 5.69 Å². The first-order valence-electron chi connectivity index (χ1n) is 10.4. The third-order valence-corrected chi connectivity index (χ3v) is 5.96. The van der Waals surface area contributed by atoms with Gasteiger partial charge in [0.05, 0.1) is 12.1 Å². The zero-order valence-corrected chi connectivity index (χ0v) is 17.8. The number of hydrogen-bond acceptors (Lipinski definition) is 5. The summed E-state index contributed by atoms with van der Waals surface area (Å²) in [6.45, 7) is 12.6. The molecule has 1 fully saturated rings. The molecule has 0 radical (unpaired) electrons. The zero-order valence-electron chi connectivity index (χ0n) is 17.8. The van der Waals surface area contributed by atoms with Gasteiger partial charge in [0.2, 0.25) is 0 Å². The Hall–Kier alpha value is -2.73. The van der Waals surface area contributed by atoms with E-state index in [9.17, 15) is 0 Å². The highest BCUT2D eigenvalue weighted by Gasteiger charge is 2.31. The second-order valence-electron chi connectivity index (χ2n) is 8.13. The molecule has 1 saturated heterocycles. The van der Waals surface area contributed by atoms with Crippen LogP contribution < -0.4 is 4.90 Å². The fraction of sp³-hybridized carbons (Fsp3) is 0.435. The summed E-state index contributed by atoms with van der Waals surface area (Å²) < 4.78 is 1.95. The minimum absolute atomic E-state index is 0.0642. The van der Waals surface area contributed by atoms with Crippen LogP contribution >= 0.6 is 0 Å². The molecular weight excluding hydrogens is 360 g/mol. The van der Waals surface area contributed by atoms with E-state index in [1.54, 1.807) is 0 Å².